The van der Waals surface area contributed by atoms with Crippen LogP contribution in [0, 0.1) is 0 Å². The Balaban J connectivity index is 1.38. The lowest BCUT2D eigenvalue weighted by Crippen LogP contribution is -2.43. The predicted molar refractivity (Wildman–Crippen MR) is 105 cm³/mol. The summed E-state index contributed by atoms with van der Waals surface area (Å²) in [5.41, 5.74) is 2.40. The Kier molecular flexibility index (Phi) is 5.16. The van der Waals surface area contributed by atoms with Crippen LogP contribution in [0.2, 0.25) is 0 Å². The number of para-hydroxylation sites is 1. The highest BCUT2D eigenvalue weighted by molar-refractivity contribution is 5.95. The number of hydrogen-bond donors (Lipinski definition) is 0. The molecule has 2 aliphatic rings. The molecule has 0 spiro atoms. The SMILES string of the molecule is O=C(CN1CCCN(c2ccccn2)CC1)N1CCCc2ccccc21. The number of amides is 1. The Morgan fingerprint density at radius 3 is 2.69 bits per heavy atom. The zero-order valence-corrected chi connectivity index (χ0v) is 15.2. The minimum atomic E-state index is 0.225. The van der Waals surface area contributed by atoms with Gasteiger partial charge in [-0.05, 0) is 43.0 Å². The van der Waals surface area contributed by atoms with E-state index in [-0.39, 0.29) is 5.91 Å². The van der Waals surface area contributed by atoms with Gasteiger partial charge in [0.15, 0.2) is 0 Å². The van der Waals surface area contributed by atoms with Crippen molar-refractivity contribution in [3.05, 3.63) is 54.2 Å². The second-order valence-electron chi connectivity index (χ2n) is 7.08. The average molecular weight is 350 g/mol. The molecule has 0 saturated carbocycles. The van der Waals surface area contributed by atoms with Crippen molar-refractivity contribution in [2.75, 3.05) is 49.1 Å². The fraction of sp³-hybridized carbons (Fsp3) is 0.429. The van der Waals surface area contributed by atoms with E-state index in [4.69, 9.17) is 0 Å². The van der Waals surface area contributed by atoms with Crippen LogP contribution >= 0.6 is 0 Å². The molecule has 0 unspecified atom stereocenters. The number of rotatable bonds is 3. The normalized spacial score (nSPS) is 18.3. The molecule has 136 valence electrons. The lowest BCUT2D eigenvalue weighted by atomic mass is 10.0. The summed E-state index contributed by atoms with van der Waals surface area (Å²) in [5, 5.41) is 0. The Bertz CT molecular complexity index is 749. The first-order valence-corrected chi connectivity index (χ1v) is 9.58. The van der Waals surface area contributed by atoms with Crippen LogP contribution in [0.4, 0.5) is 11.5 Å². The third kappa shape index (κ3) is 3.73. The number of nitrogens with zero attached hydrogens (tertiary/aromatic N) is 4. The number of anilines is 2. The van der Waals surface area contributed by atoms with Gasteiger partial charge in [-0.2, -0.15) is 0 Å². The minimum absolute atomic E-state index is 0.225. The van der Waals surface area contributed by atoms with Gasteiger partial charge in [-0.1, -0.05) is 24.3 Å². The molecule has 4 rings (SSSR count). The Hall–Kier alpha value is -2.40. The summed E-state index contributed by atoms with van der Waals surface area (Å²) >= 11 is 0. The average Bonchev–Trinajstić information content (AvgIpc) is 2.94. The molecule has 0 bridgehead atoms. The van der Waals surface area contributed by atoms with Gasteiger partial charge in [-0.25, -0.2) is 4.98 Å². The highest BCUT2D eigenvalue weighted by atomic mass is 16.2. The van der Waals surface area contributed by atoms with Gasteiger partial charge in [0.25, 0.3) is 0 Å². The molecule has 0 radical (unpaired) electrons. The van der Waals surface area contributed by atoms with Crippen molar-refractivity contribution >= 4 is 17.4 Å². The second-order valence-corrected chi connectivity index (χ2v) is 7.08. The van der Waals surface area contributed by atoms with Crippen molar-refractivity contribution in [3.63, 3.8) is 0 Å². The van der Waals surface area contributed by atoms with E-state index in [9.17, 15) is 4.79 Å². The van der Waals surface area contributed by atoms with Crippen LogP contribution in [0.3, 0.4) is 0 Å². The molecule has 2 aliphatic heterocycles. The number of aryl methyl sites for hydroxylation is 1. The van der Waals surface area contributed by atoms with E-state index in [2.05, 4.69) is 39.0 Å². The fourth-order valence-corrected chi connectivity index (χ4v) is 3.97. The Morgan fingerprint density at radius 2 is 1.81 bits per heavy atom. The molecular formula is C21H26N4O. The summed E-state index contributed by atoms with van der Waals surface area (Å²) < 4.78 is 0. The van der Waals surface area contributed by atoms with Crippen molar-refractivity contribution in [3.8, 4) is 0 Å². The van der Waals surface area contributed by atoms with Gasteiger partial charge in [0, 0.05) is 44.6 Å². The van der Waals surface area contributed by atoms with Crippen LogP contribution < -0.4 is 9.80 Å². The molecule has 5 heteroatoms. The zero-order chi connectivity index (χ0) is 17.8. The lowest BCUT2D eigenvalue weighted by molar-refractivity contribution is -0.119. The van der Waals surface area contributed by atoms with Crippen molar-refractivity contribution in [2.24, 2.45) is 0 Å². The summed E-state index contributed by atoms with van der Waals surface area (Å²) in [6.45, 7) is 5.12. The van der Waals surface area contributed by atoms with Crippen LogP contribution in [-0.4, -0.2) is 55.1 Å². The molecular weight excluding hydrogens is 324 g/mol. The largest absolute Gasteiger partial charge is 0.355 e. The van der Waals surface area contributed by atoms with Crippen molar-refractivity contribution in [2.45, 2.75) is 19.3 Å². The van der Waals surface area contributed by atoms with Crippen molar-refractivity contribution < 1.29 is 4.79 Å². The van der Waals surface area contributed by atoms with Crippen molar-refractivity contribution in [1.29, 1.82) is 0 Å². The standard InChI is InChI=1S/C21H26N4O/c26-21(25-14-5-8-18-7-1-2-9-19(18)25)17-23-12-6-13-24(16-15-23)20-10-3-4-11-22-20/h1-4,7,9-11H,5-6,8,12-17H2. The van der Waals surface area contributed by atoms with E-state index in [1.807, 2.05) is 29.3 Å². The summed E-state index contributed by atoms with van der Waals surface area (Å²) in [6.07, 6.45) is 5.02. The molecule has 1 fully saturated rings. The van der Waals surface area contributed by atoms with Gasteiger partial charge < -0.3 is 9.80 Å². The summed E-state index contributed by atoms with van der Waals surface area (Å²) in [5.74, 6) is 1.26. The summed E-state index contributed by atoms with van der Waals surface area (Å²) in [6, 6.07) is 14.4. The molecule has 2 aromatic rings. The number of benzene rings is 1. The lowest BCUT2D eigenvalue weighted by Gasteiger charge is -2.31. The van der Waals surface area contributed by atoms with Gasteiger partial charge in [-0.15, -0.1) is 0 Å². The minimum Gasteiger partial charge on any atom is -0.355 e. The highest BCUT2D eigenvalue weighted by Crippen LogP contribution is 2.26. The number of pyridine rings is 1. The predicted octanol–water partition coefficient (Wildman–Crippen LogP) is 2.57. The third-order valence-corrected chi connectivity index (χ3v) is 5.33. The van der Waals surface area contributed by atoms with Gasteiger partial charge in [0.05, 0.1) is 6.54 Å². The monoisotopic (exact) mass is 350 g/mol. The van der Waals surface area contributed by atoms with Crippen LogP contribution in [-0.2, 0) is 11.2 Å². The molecule has 0 aliphatic carbocycles. The smallest absolute Gasteiger partial charge is 0.241 e. The van der Waals surface area contributed by atoms with Gasteiger partial charge in [-0.3, -0.25) is 9.69 Å². The Morgan fingerprint density at radius 1 is 0.923 bits per heavy atom. The van der Waals surface area contributed by atoms with E-state index >= 15 is 0 Å². The highest BCUT2D eigenvalue weighted by Gasteiger charge is 2.25. The molecule has 26 heavy (non-hydrogen) atoms. The van der Waals surface area contributed by atoms with E-state index in [1.54, 1.807) is 0 Å². The molecule has 3 heterocycles. The van der Waals surface area contributed by atoms with Crippen LogP contribution in [0.5, 0.6) is 0 Å². The number of carbonyl (C=O) groups is 1. The maximum absolute atomic E-state index is 13.0. The van der Waals surface area contributed by atoms with E-state index < -0.39 is 0 Å². The maximum atomic E-state index is 13.0. The quantitative estimate of drug-likeness (QED) is 0.853. The number of fused-ring (bicyclic) bond motifs is 1. The molecule has 5 nitrogen and oxygen atoms in total. The van der Waals surface area contributed by atoms with E-state index in [0.717, 1.165) is 63.5 Å². The van der Waals surface area contributed by atoms with E-state index in [0.29, 0.717) is 6.54 Å². The van der Waals surface area contributed by atoms with E-state index in [1.165, 1.54) is 5.56 Å². The zero-order valence-electron chi connectivity index (χ0n) is 15.2. The third-order valence-electron chi connectivity index (χ3n) is 5.33. The van der Waals surface area contributed by atoms with Crippen LogP contribution in [0.1, 0.15) is 18.4 Å². The summed E-state index contributed by atoms with van der Waals surface area (Å²) in [4.78, 5) is 24.0. The van der Waals surface area contributed by atoms with Crippen LogP contribution in [0.15, 0.2) is 48.7 Å². The van der Waals surface area contributed by atoms with Gasteiger partial charge in [0.1, 0.15) is 5.82 Å². The topological polar surface area (TPSA) is 39.7 Å². The first-order valence-electron chi connectivity index (χ1n) is 9.58. The number of hydrogen-bond acceptors (Lipinski definition) is 4. The van der Waals surface area contributed by atoms with Crippen molar-refractivity contribution in [1.82, 2.24) is 9.88 Å². The Labute approximate surface area is 155 Å². The fourth-order valence-electron chi connectivity index (χ4n) is 3.97. The first-order chi connectivity index (χ1) is 12.8. The van der Waals surface area contributed by atoms with Gasteiger partial charge >= 0.3 is 0 Å². The first kappa shape index (κ1) is 17.0. The molecule has 1 aromatic carbocycles. The molecule has 0 N–H and O–H groups in total. The maximum Gasteiger partial charge on any atom is 0.241 e. The molecule has 1 saturated heterocycles. The molecule has 1 amide bonds. The number of carbonyl (C=O) groups excluding carboxylic acids is 1. The number of aromatic nitrogens is 1. The molecule has 1 aromatic heterocycles. The van der Waals surface area contributed by atoms with Gasteiger partial charge in [0.2, 0.25) is 5.91 Å². The van der Waals surface area contributed by atoms with Crippen LogP contribution in [0.25, 0.3) is 0 Å². The molecule has 0 atom stereocenters. The second kappa shape index (κ2) is 7.87. The summed E-state index contributed by atoms with van der Waals surface area (Å²) in [7, 11) is 0.